The average molecular weight is 499 g/mol. The summed E-state index contributed by atoms with van der Waals surface area (Å²) in [7, 11) is 0. The molecule has 0 bridgehead atoms. The Morgan fingerprint density at radius 3 is 1.46 bits per heavy atom. The first kappa shape index (κ1) is 34.6. The summed E-state index contributed by atoms with van der Waals surface area (Å²) in [5.74, 6) is -0.404. The van der Waals surface area contributed by atoms with Gasteiger partial charge in [0.05, 0.1) is 0 Å². The van der Waals surface area contributed by atoms with Crippen molar-refractivity contribution in [3.63, 3.8) is 0 Å². The van der Waals surface area contributed by atoms with E-state index in [0.717, 1.165) is 40.4 Å². The number of aliphatic hydroxyl groups excluding tert-OH is 1. The van der Waals surface area contributed by atoms with Gasteiger partial charge in [-0.05, 0) is 63.8 Å². The van der Waals surface area contributed by atoms with E-state index in [9.17, 15) is 19.2 Å². The van der Waals surface area contributed by atoms with Crippen LogP contribution in [0.15, 0.2) is 12.1 Å². The third kappa shape index (κ3) is 9.54. The van der Waals surface area contributed by atoms with Gasteiger partial charge in [-0.3, -0.25) is 14.4 Å². The number of carboxylic acid groups (broad SMARTS) is 1. The van der Waals surface area contributed by atoms with Crippen molar-refractivity contribution in [1.82, 2.24) is 0 Å². The van der Waals surface area contributed by atoms with Gasteiger partial charge in [0.25, 0.3) is 0 Å². The van der Waals surface area contributed by atoms with Gasteiger partial charge in [-0.1, -0.05) is 12.1 Å². The fraction of sp³-hybridized carbons (Fsp3) is 0.360. The van der Waals surface area contributed by atoms with Crippen LogP contribution < -0.4 is 39.0 Å². The number of ketones is 1. The van der Waals surface area contributed by atoms with Crippen molar-refractivity contribution < 1.29 is 73.9 Å². The number of carbonyl (C=O) groups excluding carboxylic acids is 3. The molecule has 9 nitrogen and oxygen atoms in total. The maximum Gasteiger partial charge on any atom is 1.00 e. The van der Waals surface area contributed by atoms with Gasteiger partial charge in [-0.25, -0.2) is 4.79 Å². The molecule has 35 heavy (non-hydrogen) atoms. The first-order chi connectivity index (χ1) is 15.5. The second kappa shape index (κ2) is 16.2. The molecule has 0 heterocycles. The van der Waals surface area contributed by atoms with Crippen LogP contribution in [0.4, 0.5) is 0 Å². The second-order valence-corrected chi connectivity index (χ2v) is 7.66. The summed E-state index contributed by atoms with van der Waals surface area (Å²) in [6, 6.07) is 3.66. The van der Waals surface area contributed by atoms with Crippen molar-refractivity contribution in [2.24, 2.45) is 0 Å². The van der Waals surface area contributed by atoms with Crippen LogP contribution in [0.1, 0.15) is 54.1 Å². The number of Topliss-reactive ketones (excluding diaryl/α,β-unsaturated/α-hetero) is 1. The molecule has 0 aliphatic rings. The molecule has 0 unspecified atom stereocenters. The van der Waals surface area contributed by atoms with E-state index in [1.165, 1.54) is 0 Å². The maximum absolute atomic E-state index is 11.0. The second-order valence-electron chi connectivity index (χ2n) is 7.66. The molecule has 0 aliphatic heterocycles. The van der Waals surface area contributed by atoms with Gasteiger partial charge in [-0.2, -0.15) is 0 Å². The van der Waals surface area contributed by atoms with Crippen molar-refractivity contribution in [1.29, 1.82) is 0 Å². The third-order valence-corrected chi connectivity index (χ3v) is 5.05. The Balaban J connectivity index is 0. The molecule has 0 saturated carbocycles. The van der Waals surface area contributed by atoms with Gasteiger partial charge in [0.1, 0.15) is 24.7 Å². The number of rotatable bonds is 9. The number of hydrogen-bond donors (Lipinski definition) is 2. The summed E-state index contributed by atoms with van der Waals surface area (Å²) >= 11 is 0. The van der Waals surface area contributed by atoms with E-state index in [-0.39, 0.29) is 41.6 Å². The van der Waals surface area contributed by atoms with Crippen LogP contribution in [0.3, 0.4) is 0 Å². The van der Waals surface area contributed by atoms with E-state index in [0.29, 0.717) is 28.2 Å². The predicted molar refractivity (Wildman–Crippen MR) is 125 cm³/mol. The number of aliphatic hydroxyl groups is 1. The molecule has 2 aromatic rings. The summed E-state index contributed by atoms with van der Waals surface area (Å²) in [6.45, 7) is 9.78. The van der Waals surface area contributed by atoms with E-state index < -0.39 is 25.0 Å². The SMILES string of the molecule is Cc1cc(C)c(OCC(=O)CO)c(C)c1C=O.Cc1cc(C)c(OCC(=O)O)c(C)c1C=O.[Na+].[OH-]. The van der Waals surface area contributed by atoms with Gasteiger partial charge >= 0.3 is 35.5 Å². The summed E-state index contributed by atoms with van der Waals surface area (Å²) in [4.78, 5) is 43.2. The summed E-state index contributed by atoms with van der Waals surface area (Å²) in [5.41, 5.74) is 6.02. The van der Waals surface area contributed by atoms with Gasteiger partial charge in [0.2, 0.25) is 0 Å². The van der Waals surface area contributed by atoms with Crippen LogP contribution in [0, 0.1) is 41.5 Å². The average Bonchev–Trinajstić information content (AvgIpc) is 2.73. The van der Waals surface area contributed by atoms with Crippen molar-refractivity contribution in [3.05, 3.63) is 56.6 Å². The quantitative estimate of drug-likeness (QED) is 0.361. The van der Waals surface area contributed by atoms with Crippen LogP contribution in [-0.4, -0.2) is 59.8 Å². The number of carboxylic acids is 1. The standard InChI is InChI=1S/C13H16O4.C12H14O4.Na.H2O/c1-8-4-9(2)13(10(3)12(8)6-15)17-7-11(16)5-14;1-7-4-8(2)12(16-6-11(14)15)9(3)10(7)5-13;;/h4,6,14H,5,7H2,1-3H3;4-5H,6H2,1-3H3,(H,14,15);;1H2/q;;+1;/p-1. The largest absolute Gasteiger partial charge is 1.00 e. The smallest absolute Gasteiger partial charge is 0.870 e. The minimum atomic E-state index is -1.04. The molecule has 2 aromatic carbocycles. The monoisotopic (exact) mass is 498 g/mol. The first-order valence-corrected chi connectivity index (χ1v) is 10.2. The molecule has 0 atom stereocenters. The van der Waals surface area contributed by atoms with E-state index in [2.05, 4.69) is 0 Å². The van der Waals surface area contributed by atoms with Crippen molar-refractivity contribution >= 4 is 24.3 Å². The molecule has 0 saturated heterocycles. The fourth-order valence-corrected chi connectivity index (χ4v) is 3.50. The molecular formula is C25H31NaO9. The Bertz CT molecular complexity index is 1060. The van der Waals surface area contributed by atoms with E-state index in [1.807, 2.05) is 39.8 Å². The van der Waals surface area contributed by atoms with Crippen LogP contribution in [0.2, 0.25) is 0 Å². The molecule has 0 amide bonds. The Hall–Kier alpha value is -2.56. The topological polar surface area (TPSA) is 157 Å². The van der Waals surface area contributed by atoms with Crippen molar-refractivity contribution in [2.75, 3.05) is 19.8 Å². The van der Waals surface area contributed by atoms with E-state index >= 15 is 0 Å². The Morgan fingerprint density at radius 2 is 1.14 bits per heavy atom. The van der Waals surface area contributed by atoms with Gasteiger partial charge < -0.3 is 25.2 Å². The van der Waals surface area contributed by atoms with Crippen molar-refractivity contribution in [3.8, 4) is 11.5 Å². The molecule has 186 valence electrons. The van der Waals surface area contributed by atoms with E-state index in [4.69, 9.17) is 19.7 Å². The molecular weight excluding hydrogens is 467 g/mol. The number of ether oxygens (including phenoxy) is 2. The summed E-state index contributed by atoms with van der Waals surface area (Å²) in [6.07, 6.45) is 1.54. The molecule has 0 radical (unpaired) electrons. The number of carbonyl (C=O) groups is 4. The number of hydrogen-bond acceptors (Lipinski definition) is 8. The zero-order valence-corrected chi connectivity index (χ0v) is 23.2. The molecule has 3 N–H and O–H groups in total. The predicted octanol–water partition coefficient (Wildman–Crippen LogP) is 0.0795. The molecule has 0 aliphatic carbocycles. The van der Waals surface area contributed by atoms with Crippen LogP contribution >= 0.6 is 0 Å². The Morgan fingerprint density at radius 1 is 0.771 bits per heavy atom. The van der Waals surface area contributed by atoms with Gasteiger partial charge in [0, 0.05) is 22.3 Å². The third-order valence-electron chi connectivity index (χ3n) is 5.05. The Labute approximate surface area is 227 Å². The van der Waals surface area contributed by atoms with Crippen LogP contribution in [0.25, 0.3) is 0 Å². The molecule has 0 fully saturated rings. The normalized spacial score (nSPS) is 9.46. The molecule has 0 aromatic heterocycles. The zero-order chi connectivity index (χ0) is 25.3. The van der Waals surface area contributed by atoms with Crippen molar-refractivity contribution in [2.45, 2.75) is 41.5 Å². The minimum Gasteiger partial charge on any atom is -0.870 e. The fourth-order valence-electron chi connectivity index (χ4n) is 3.50. The number of aryl methyl sites for hydroxylation is 4. The van der Waals surface area contributed by atoms with Gasteiger partial charge in [-0.15, -0.1) is 0 Å². The van der Waals surface area contributed by atoms with Crippen LogP contribution in [0.5, 0.6) is 11.5 Å². The molecule has 2 rings (SSSR count). The zero-order valence-electron chi connectivity index (χ0n) is 21.2. The Kier molecular flexibility index (Phi) is 16.0. The molecule has 0 spiro atoms. The summed E-state index contributed by atoms with van der Waals surface area (Å²) in [5, 5.41) is 17.2. The van der Waals surface area contributed by atoms with Crippen LogP contribution in [-0.2, 0) is 9.59 Å². The minimum absolute atomic E-state index is 0. The summed E-state index contributed by atoms with van der Waals surface area (Å²) < 4.78 is 10.5. The number of aldehydes is 2. The molecule has 10 heteroatoms. The van der Waals surface area contributed by atoms with Gasteiger partial charge in [0.15, 0.2) is 25.0 Å². The first-order valence-electron chi connectivity index (χ1n) is 10.2. The maximum atomic E-state index is 11.0. The van der Waals surface area contributed by atoms with E-state index in [1.54, 1.807) is 13.8 Å². The number of aliphatic carboxylic acids is 1. The number of benzene rings is 2.